The van der Waals surface area contributed by atoms with Crippen LogP contribution in [0, 0.1) is 51.2 Å². The predicted molar refractivity (Wildman–Crippen MR) is 166 cm³/mol. The predicted octanol–water partition coefficient (Wildman–Crippen LogP) is 6.27. The monoisotopic (exact) mass is 589 g/mol. The summed E-state index contributed by atoms with van der Waals surface area (Å²) in [7, 11) is 2.17. The summed E-state index contributed by atoms with van der Waals surface area (Å²) in [5, 5.41) is 22.2. The summed E-state index contributed by atoms with van der Waals surface area (Å²) < 4.78 is 18.8. The summed E-state index contributed by atoms with van der Waals surface area (Å²) in [5.41, 5.74) is 0.448. The molecule has 42 heavy (non-hydrogen) atoms. The topological polar surface area (TPSA) is 71.4 Å². The molecule has 6 unspecified atom stereocenters. The highest BCUT2D eigenvalue weighted by molar-refractivity contribution is 5.32. The zero-order valence-corrected chi connectivity index (χ0v) is 28.2. The maximum absolute atomic E-state index is 11.6. The number of nitrogens with zero attached hydrogens (tertiary/aromatic N) is 1. The van der Waals surface area contributed by atoms with Crippen molar-refractivity contribution in [3.63, 3.8) is 0 Å². The van der Waals surface area contributed by atoms with Gasteiger partial charge in [-0.2, -0.15) is 0 Å². The van der Waals surface area contributed by atoms with E-state index < -0.39 is 5.60 Å². The molecule has 1 heterocycles. The number of ether oxygens (including phenoxy) is 3. The molecule has 5 saturated carbocycles. The van der Waals surface area contributed by atoms with Crippen LogP contribution in [0.1, 0.15) is 113 Å². The number of aliphatic hydroxyl groups is 2. The second-order valence-electron chi connectivity index (χ2n) is 17.1. The van der Waals surface area contributed by atoms with Crippen molar-refractivity contribution in [2.75, 3.05) is 33.4 Å². The van der Waals surface area contributed by atoms with Crippen LogP contribution in [0.15, 0.2) is 0 Å². The smallest absolute Gasteiger partial charge is 0.170 e. The summed E-state index contributed by atoms with van der Waals surface area (Å²) in [6.07, 6.45) is 11.4. The normalized spacial score (nSPS) is 49.0. The van der Waals surface area contributed by atoms with E-state index in [1.807, 2.05) is 20.8 Å². The second-order valence-corrected chi connectivity index (χ2v) is 17.1. The molecule has 6 rings (SSSR count). The van der Waals surface area contributed by atoms with E-state index in [0.717, 1.165) is 63.6 Å². The van der Waals surface area contributed by atoms with E-state index >= 15 is 0 Å². The van der Waals surface area contributed by atoms with Gasteiger partial charge in [-0.15, -0.1) is 0 Å². The second kappa shape index (κ2) is 10.9. The van der Waals surface area contributed by atoms with Crippen molar-refractivity contribution < 1.29 is 24.4 Å². The summed E-state index contributed by atoms with van der Waals surface area (Å²) in [5.74, 6) is 3.23. The number of aliphatic hydroxyl groups excluding tert-OH is 1. The lowest BCUT2D eigenvalue weighted by molar-refractivity contribution is -0.243. The van der Waals surface area contributed by atoms with Crippen LogP contribution in [0.2, 0.25) is 0 Å². The first-order valence-electron chi connectivity index (χ1n) is 17.7. The summed E-state index contributed by atoms with van der Waals surface area (Å²) in [6, 6.07) is 0. The van der Waals surface area contributed by atoms with Gasteiger partial charge < -0.3 is 24.4 Å². The first-order chi connectivity index (χ1) is 19.7. The van der Waals surface area contributed by atoms with Gasteiger partial charge in [0.2, 0.25) is 0 Å². The summed E-state index contributed by atoms with van der Waals surface area (Å²) in [4.78, 5) is 2.34. The van der Waals surface area contributed by atoms with Gasteiger partial charge in [0, 0.05) is 19.7 Å². The highest BCUT2D eigenvalue weighted by atomic mass is 16.7. The first kappa shape index (κ1) is 31.7. The van der Waals surface area contributed by atoms with Crippen LogP contribution in [-0.2, 0) is 14.2 Å². The average Bonchev–Trinajstić information content (AvgIpc) is 3.33. The fraction of sp³-hybridized carbons (Fsp3) is 1.00. The Bertz CT molecular complexity index is 980. The lowest BCUT2D eigenvalue weighted by Gasteiger charge is -2.59. The van der Waals surface area contributed by atoms with Crippen molar-refractivity contribution in [1.29, 1.82) is 0 Å². The summed E-state index contributed by atoms with van der Waals surface area (Å²) >= 11 is 0. The molecule has 1 aliphatic heterocycles. The number of fused-ring (bicyclic) bond motifs is 2. The molecule has 0 aromatic heterocycles. The molecule has 0 aromatic carbocycles. The molecule has 2 N–H and O–H groups in total. The van der Waals surface area contributed by atoms with Crippen LogP contribution in [0.4, 0.5) is 0 Å². The fourth-order valence-electron chi connectivity index (χ4n) is 12.9. The molecule has 6 fully saturated rings. The minimum atomic E-state index is -0.833. The molecular formula is C36H63NO5. The van der Waals surface area contributed by atoms with E-state index in [4.69, 9.17) is 14.2 Å². The molecule has 2 spiro atoms. The van der Waals surface area contributed by atoms with Crippen LogP contribution in [0.3, 0.4) is 0 Å². The van der Waals surface area contributed by atoms with Gasteiger partial charge in [-0.1, -0.05) is 34.1 Å². The Balaban J connectivity index is 1.16. The fourth-order valence-corrected chi connectivity index (χ4v) is 12.9. The molecule has 6 aliphatic rings. The summed E-state index contributed by atoms with van der Waals surface area (Å²) in [6.45, 7) is 19.2. The molecule has 1 saturated heterocycles. The van der Waals surface area contributed by atoms with Crippen molar-refractivity contribution in [3.8, 4) is 0 Å². The van der Waals surface area contributed by atoms with Gasteiger partial charge in [-0.25, -0.2) is 0 Å². The maximum Gasteiger partial charge on any atom is 0.170 e. The SMILES string of the molecule is CCOC(CCCC1C(O)CC2[C@@H]3CCC4C(C)(C)[C@@H](OC5CN(C)CCO5)CC[C@@]45[C@@H](C)[C@@]35CC[C@]12C)C(C)(C)O. The lowest BCUT2D eigenvalue weighted by atomic mass is 9.46. The highest BCUT2D eigenvalue weighted by Crippen LogP contribution is 2.89. The first-order valence-corrected chi connectivity index (χ1v) is 17.7. The molecule has 0 aromatic rings. The number of hydrogen-bond donors (Lipinski definition) is 2. The molecule has 12 atom stereocenters. The minimum absolute atomic E-state index is 0.0939. The zero-order valence-electron chi connectivity index (χ0n) is 28.2. The van der Waals surface area contributed by atoms with Crippen LogP contribution >= 0.6 is 0 Å². The van der Waals surface area contributed by atoms with E-state index in [-0.39, 0.29) is 35.4 Å². The lowest BCUT2D eigenvalue weighted by Crippen LogP contribution is -2.56. The molecule has 0 bridgehead atoms. The molecule has 242 valence electrons. The van der Waals surface area contributed by atoms with Crippen LogP contribution in [0.5, 0.6) is 0 Å². The number of morpholine rings is 1. The van der Waals surface area contributed by atoms with E-state index in [1.165, 1.54) is 32.1 Å². The van der Waals surface area contributed by atoms with Crippen molar-refractivity contribution in [1.82, 2.24) is 4.90 Å². The van der Waals surface area contributed by atoms with Gasteiger partial charge in [-0.3, -0.25) is 4.90 Å². The van der Waals surface area contributed by atoms with E-state index in [1.54, 1.807) is 0 Å². The molecule has 6 heteroatoms. The van der Waals surface area contributed by atoms with Gasteiger partial charge in [0.05, 0.1) is 30.5 Å². The van der Waals surface area contributed by atoms with Gasteiger partial charge in [0.15, 0.2) is 6.29 Å². The van der Waals surface area contributed by atoms with Gasteiger partial charge >= 0.3 is 0 Å². The Morgan fingerprint density at radius 2 is 1.81 bits per heavy atom. The number of likely N-dealkylation sites (N-methyl/N-ethyl adjacent to an activating group) is 1. The molecule has 6 nitrogen and oxygen atoms in total. The van der Waals surface area contributed by atoms with E-state index in [9.17, 15) is 10.2 Å². The molecular weight excluding hydrogens is 526 g/mol. The Kier molecular flexibility index (Phi) is 8.26. The molecule has 0 radical (unpaired) electrons. The third-order valence-electron chi connectivity index (χ3n) is 14.8. The quantitative estimate of drug-likeness (QED) is 0.330. The Hall–Kier alpha value is -0.240. The Morgan fingerprint density at radius 1 is 1.05 bits per heavy atom. The van der Waals surface area contributed by atoms with Crippen molar-refractivity contribution in [3.05, 3.63) is 0 Å². The van der Waals surface area contributed by atoms with Crippen LogP contribution in [-0.4, -0.2) is 78.7 Å². The third kappa shape index (κ3) is 4.62. The standard InChI is InChI=1S/C36H63NO5/c1-9-40-30(33(5,6)39)12-10-11-25-27(38)21-26-24-13-14-28-32(3,4)29(42-31-22-37(8)19-20-41-31)15-16-36(28)23(2)35(24,36)18-17-34(25,26)7/h23-31,38-39H,9-22H2,1-8H3/t23-,24-,25?,26?,27?,28?,29-,30?,31?,34+,35-,36+/m0/s1. The number of hydrogen-bond acceptors (Lipinski definition) is 6. The van der Waals surface area contributed by atoms with Crippen molar-refractivity contribution in [2.45, 2.75) is 143 Å². The van der Waals surface area contributed by atoms with Gasteiger partial charge in [-0.05, 0) is 137 Å². The van der Waals surface area contributed by atoms with Crippen LogP contribution < -0.4 is 0 Å². The Morgan fingerprint density at radius 3 is 2.50 bits per heavy atom. The van der Waals surface area contributed by atoms with Crippen molar-refractivity contribution >= 4 is 0 Å². The average molecular weight is 590 g/mol. The van der Waals surface area contributed by atoms with E-state index in [0.29, 0.717) is 35.2 Å². The minimum Gasteiger partial charge on any atom is -0.393 e. The van der Waals surface area contributed by atoms with Crippen LogP contribution in [0.25, 0.3) is 0 Å². The highest BCUT2D eigenvalue weighted by Gasteiger charge is 2.84. The molecule has 0 amide bonds. The number of rotatable bonds is 9. The van der Waals surface area contributed by atoms with Gasteiger partial charge in [0.25, 0.3) is 0 Å². The van der Waals surface area contributed by atoms with E-state index in [2.05, 4.69) is 39.6 Å². The third-order valence-corrected chi connectivity index (χ3v) is 14.8. The Labute approximate surface area is 256 Å². The zero-order chi connectivity index (χ0) is 30.3. The van der Waals surface area contributed by atoms with Gasteiger partial charge in [0.1, 0.15) is 0 Å². The molecule has 5 aliphatic carbocycles. The largest absolute Gasteiger partial charge is 0.393 e. The maximum atomic E-state index is 11.6. The van der Waals surface area contributed by atoms with Crippen molar-refractivity contribution in [2.24, 2.45) is 51.2 Å².